The fourth-order valence-electron chi connectivity index (χ4n) is 2.01. The first kappa shape index (κ1) is 19.1. The molecule has 0 saturated carbocycles. The van der Waals surface area contributed by atoms with E-state index >= 15 is 0 Å². The minimum atomic E-state index is -0.734. The number of hydrogen-bond donors (Lipinski definition) is 1. The quantitative estimate of drug-likeness (QED) is 0.354. The molecule has 1 heterocycles. The molecule has 0 spiro atoms. The highest BCUT2D eigenvalue weighted by atomic mass is 35.5. The van der Waals surface area contributed by atoms with Crippen molar-refractivity contribution in [1.29, 1.82) is 0 Å². The molecule has 9 nitrogen and oxygen atoms in total. The smallest absolute Gasteiger partial charge is 0.340 e. The molecular weight excluding hydrogens is 366 g/mol. The zero-order valence-electron chi connectivity index (χ0n) is 13.8. The number of benzene rings is 1. The van der Waals surface area contributed by atoms with Gasteiger partial charge in [0.25, 0.3) is 5.91 Å². The summed E-state index contributed by atoms with van der Waals surface area (Å²) >= 11 is 5.62. The van der Waals surface area contributed by atoms with Crippen molar-refractivity contribution in [1.82, 2.24) is 4.98 Å². The van der Waals surface area contributed by atoms with Crippen LogP contribution in [0.15, 0.2) is 30.5 Å². The molecule has 136 valence electrons. The Kier molecular flexibility index (Phi) is 6.07. The van der Waals surface area contributed by atoms with E-state index in [1.807, 2.05) is 0 Å². The highest BCUT2D eigenvalue weighted by Gasteiger charge is 2.19. The monoisotopic (exact) mass is 379 g/mol. The number of methoxy groups -OCH3 is 1. The Labute approximate surface area is 153 Å². The summed E-state index contributed by atoms with van der Waals surface area (Å²) in [6.07, 6.45) is 1.23. The van der Waals surface area contributed by atoms with E-state index in [1.54, 1.807) is 6.92 Å². The van der Waals surface area contributed by atoms with Crippen LogP contribution in [0.3, 0.4) is 0 Å². The molecule has 1 N–H and O–H groups in total. The second kappa shape index (κ2) is 8.26. The molecule has 1 aromatic heterocycles. The maximum Gasteiger partial charge on any atom is 0.340 e. The van der Waals surface area contributed by atoms with Crippen LogP contribution < -0.4 is 10.1 Å². The number of halogens is 1. The van der Waals surface area contributed by atoms with Gasteiger partial charge in [-0.05, 0) is 24.6 Å². The third-order valence-corrected chi connectivity index (χ3v) is 3.52. The fourth-order valence-corrected chi connectivity index (χ4v) is 2.12. The van der Waals surface area contributed by atoms with E-state index in [0.29, 0.717) is 11.3 Å². The van der Waals surface area contributed by atoms with Crippen molar-refractivity contribution in [2.45, 2.75) is 6.92 Å². The number of anilines is 1. The summed E-state index contributed by atoms with van der Waals surface area (Å²) in [5.74, 6) is -1.35. The van der Waals surface area contributed by atoms with Gasteiger partial charge in [0.1, 0.15) is 5.15 Å². The molecule has 2 aromatic rings. The van der Waals surface area contributed by atoms with E-state index < -0.39 is 23.4 Å². The number of nitro benzene ring substituents is 1. The van der Waals surface area contributed by atoms with Gasteiger partial charge in [-0.15, -0.1) is 0 Å². The Bertz CT molecular complexity index is 854. The van der Waals surface area contributed by atoms with Gasteiger partial charge in [-0.1, -0.05) is 11.6 Å². The van der Waals surface area contributed by atoms with Gasteiger partial charge in [-0.2, -0.15) is 0 Å². The third kappa shape index (κ3) is 4.67. The van der Waals surface area contributed by atoms with Crippen LogP contribution in [0.4, 0.5) is 11.4 Å². The lowest BCUT2D eigenvalue weighted by Gasteiger charge is -2.11. The lowest BCUT2D eigenvalue weighted by atomic mass is 10.1. The summed E-state index contributed by atoms with van der Waals surface area (Å²) in [4.78, 5) is 37.9. The van der Waals surface area contributed by atoms with E-state index in [9.17, 15) is 19.7 Å². The number of ether oxygens (including phenoxy) is 2. The molecule has 0 aliphatic heterocycles. The van der Waals surface area contributed by atoms with E-state index in [2.05, 4.69) is 10.3 Å². The average Bonchev–Trinajstić information content (AvgIpc) is 2.61. The van der Waals surface area contributed by atoms with Crippen LogP contribution in [0.2, 0.25) is 5.15 Å². The number of aromatic nitrogens is 1. The van der Waals surface area contributed by atoms with Crippen molar-refractivity contribution in [3.05, 3.63) is 56.9 Å². The number of carbonyl (C=O) groups excluding carboxylic acids is 2. The lowest BCUT2D eigenvalue weighted by Crippen LogP contribution is -2.21. The Hall–Kier alpha value is -3.20. The van der Waals surface area contributed by atoms with Gasteiger partial charge < -0.3 is 14.8 Å². The van der Waals surface area contributed by atoms with Crippen LogP contribution in [0, 0.1) is 17.0 Å². The molecule has 0 fully saturated rings. The third-order valence-electron chi connectivity index (χ3n) is 3.29. The van der Waals surface area contributed by atoms with E-state index in [0.717, 1.165) is 0 Å². The van der Waals surface area contributed by atoms with Gasteiger partial charge in [0.15, 0.2) is 12.4 Å². The number of carbonyl (C=O) groups is 2. The van der Waals surface area contributed by atoms with Gasteiger partial charge in [-0.25, -0.2) is 9.78 Å². The molecule has 1 amide bonds. The van der Waals surface area contributed by atoms with Crippen molar-refractivity contribution < 1.29 is 24.0 Å². The molecular formula is C16H14ClN3O6. The van der Waals surface area contributed by atoms with Crippen molar-refractivity contribution in [2.75, 3.05) is 19.0 Å². The molecule has 0 aliphatic carbocycles. The van der Waals surface area contributed by atoms with E-state index in [-0.39, 0.29) is 22.2 Å². The van der Waals surface area contributed by atoms with Crippen LogP contribution in [0.1, 0.15) is 15.9 Å². The Morgan fingerprint density at radius 3 is 2.65 bits per heavy atom. The summed E-state index contributed by atoms with van der Waals surface area (Å²) in [6.45, 7) is 1.05. The second-order valence-electron chi connectivity index (χ2n) is 5.09. The molecule has 0 atom stereocenters. The number of esters is 1. The molecule has 0 aliphatic rings. The van der Waals surface area contributed by atoms with Gasteiger partial charge in [0, 0.05) is 24.0 Å². The molecule has 0 unspecified atom stereocenters. The molecule has 0 saturated heterocycles. The summed E-state index contributed by atoms with van der Waals surface area (Å²) < 4.78 is 9.84. The number of pyridine rings is 1. The highest BCUT2D eigenvalue weighted by molar-refractivity contribution is 6.29. The number of nitrogens with zero attached hydrogens (tertiary/aromatic N) is 2. The number of amides is 1. The molecule has 26 heavy (non-hydrogen) atoms. The zero-order valence-corrected chi connectivity index (χ0v) is 14.6. The lowest BCUT2D eigenvalue weighted by molar-refractivity contribution is -0.385. The predicted molar refractivity (Wildman–Crippen MR) is 92.5 cm³/mol. The van der Waals surface area contributed by atoms with Crippen molar-refractivity contribution >= 4 is 34.9 Å². The largest absolute Gasteiger partial charge is 0.490 e. The molecule has 0 bridgehead atoms. The van der Waals surface area contributed by atoms with Crippen LogP contribution in [0.5, 0.6) is 5.75 Å². The minimum Gasteiger partial charge on any atom is -0.490 e. The summed E-state index contributed by atoms with van der Waals surface area (Å²) in [7, 11) is 1.28. The number of nitrogens with one attached hydrogen (secondary N) is 1. The summed E-state index contributed by atoms with van der Waals surface area (Å²) in [6, 6.07) is 5.45. The normalized spacial score (nSPS) is 10.1. The Morgan fingerprint density at radius 1 is 1.35 bits per heavy atom. The minimum absolute atomic E-state index is 0.000124. The van der Waals surface area contributed by atoms with Gasteiger partial charge in [-0.3, -0.25) is 14.9 Å². The van der Waals surface area contributed by atoms with E-state index in [4.69, 9.17) is 21.1 Å². The van der Waals surface area contributed by atoms with Crippen LogP contribution in [0.25, 0.3) is 0 Å². The van der Waals surface area contributed by atoms with E-state index in [1.165, 1.54) is 37.6 Å². The van der Waals surface area contributed by atoms with Crippen molar-refractivity contribution in [3.63, 3.8) is 0 Å². The van der Waals surface area contributed by atoms with Crippen LogP contribution in [-0.2, 0) is 9.53 Å². The van der Waals surface area contributed by atoms with Gasteiger partial charge in [0.2, 0.25) is 0 Å². The maximum atomic E-state index is 12.0. The fraction of sp³-hybridized carbons (Fsp3) is 0.188. The second-order valence-corrected chi connectivity index (χ2v) is 5.48. The topological polar surface area (TPSA) is 121 Å². The predicted octanol–water partition coefficient (Wildman–Crippen LogP) is 2.76. The standard InChI is InChI=1S/C16H14ClN3O6/c1-9-5-12(20(23)24)13(25-2)6-11(9)19-15(21)8-26-16(22)10-3-4-14(17)18-7-10/h3-7H,8H2,1-2H3,(H,19,21). The number of aryl methyl sites for hydroxylation is 1. The molecule has 0 radical (unpaired) electrons. The average molecular weight is 380 g/mol. The van der Waals surface area contributed by atoms with Crippen molar-refractivity contribution in [2.24, 2.45) is 0 Å². The molecule has 10 heteroatoms. The first-order chi connectivity index (χ1) is 12.3. The highest BCUT2D eigenvalue weighted by Crippen LogP contribution is 2.32. The molecule has 1 aromatic carbocycles. The summed E-state index contributed by atoms with van der Waals surface area (Å²) in [5, 5.41) is 13.7. The Morgan fingerprint density at radius 2 is 2.08 bits per heavy atom. The first-order valence-corrected chi connectivity index (χ1v) is 7.61. The number of rotatable bonds is 6. The van der Waals surface area contributed by atoms with Gasteiger partial charge >= 0.3 is 11.7 Å². The van der Waals surface area contributed by atoms with Crippen LogP contribution in [-0.4, -0.2) is 35.5 Å². The number of nitro groups is 1. The Balaban J connectivity index is 2.02. The molecule has 2 rings (SSSR count). The summed E-state index contributed by atoms with van der Waals surface area (Å²) in [5.41, 5.74) is 0.695. The van der Waals surface area contributed by atoms with Crippen molar-refractivity contribution in [3.8, 4) is 5.75 Å². The first-order valence-electron chi connectivity index (χ1n) is 7.23. The maximum absolute atomic E-state index is 12.0. The van der Waals surface area contributed by atoms with Gasteiger partial charge in [0.05, 0.1) is 17.6 Å². The zero-order chi connectivity index (χ0) is 19.3. The SMILES string of the molecule is COc1cc(NC(=O)COC(=O)c2ccc(Cl)nc2)c(C)cc1[N+](=O)[O-]. The number of hydrogen-bond acceptors (Lipinski definition) is 7. The van der Waals surface area contributed by atoms with Crippen LogP contribution >= 0.6 is 11.6 Å².